The second-order valence-electron chi connectivity index (χ2n) is 8.39. The predicted octanol–water partition coefficient (Wildman–Crippen LogP) is 1.92. The van der Waals surface area contributed by atoms with Gasteiger partial charge in [-0.1, -0.05) is 12.8 Å². The van der Waals surface area contributed by atoms with Gasteiger partial charge in [-0.2, -0.15) is 5.10 Å². The fourth-order valence-corrected chi connectivity index (χ4v) is 5.25. The number of rotatable bonds is 3. The number of urea groups is 1. The van der Waals surface area contributed by atoms with E-state index in [1.54, 1.807) is 4.90 Å². The van der Waals surface area contributed by atoms with Gasteiger partial charge >= 0.3 is 6.03 Å². The number of aromatic amines is 1. The van der Waals surface area contributed by atoms with Crippen LogP contribution in [-0.4, -0.2) is 70.2 Å². The van der Waals surface area contributed by atoms with Gasteiger partial charge in [0.25, 0.3) is 5.91 Å². The number of likely N-dealkylation sites (tertiary alicyclic amines) is 2. The highest BCUT2D eigenvalue weighted by atomic mass is 16.2. The summed E-state index contributed by atoms with van der Waals surface area (Å²) in [7, 11) is 2.12. The maximum atomic E-state index is 13.2. The van der Waals surface area contributed by atoms with Gasteiger partial charge in [0, 0.05) is 42.3 Å². The maximum Gasteiger partial charge on any atom is 0.319 e. The summed E-state index contributed by atoms with van der Waals surface area (Å²) in [6.07, 6.45) is 5.17. The van der Waals surface area contributed by atoms with Crippen molar-refractivity contribution in [1.29, 1.82) is 0 Å². The van der Waals surface area contributed by atoms with E-state index in [-0.39, 0.29) is 18.0 Å². The number of amides is 3. The van der Waals surface area contributed by atoms with E-state index in [0.717, 1.165) is 61.8 Å². The molecule has 2 saturated heterocycles. The minimum atomic E-state index is -0.442. The van der Waals surface area contributed by atoms with Crippen molar-refractivity contribution in [2.45, 2.75) is 50.2 Å². The van der Waals surface area contributed by atoms with E-state index in [1.165, 1.54) is 0 Å². The molecule has 8 heteroatoms. The molecule has 0 spiro atoms. The molecule has 2 bridgehead atoms. The Hall–Kier alpha value is -2.61. The third kappa shape index (κ3) is 2.66. The molecule has 8 nitrogen and oxygen atoms in total. The molecule has 1 saturated carbocycles. The van der Waals surface area contributed by atoms with Crippen LogP contribution in [0.2, 0.25) is 0 Å². The van der Waals surface area contributed by atoms with Gasteiger partial charge in [0.2, 0.25) is 0 Å². The first-order chi connectivity index (χ1) is 13.5. The zero-order chi connectivity index (χ0) is 19.4. The van der Waals surface area contributed by atoms with Gasteiger partial charge in [0.05, 0.1) is 5.52 Å². The second-order valence-corrected chi connectivity index (χ2v) is 8.39. The van der Waals surface area contributed by atoms with Gasteiger partial charge in [-0.15, -0.1) is 0 Å². The zero-order valence-electron chi connectivity index (χ0n) is 16.1. The Morgan fingerprint density at radius 1 is 1.21 bits per heavy atom. The van der Waals surface area contributed by atoms with Crippen molar-refractivity contribution in [2.75, 3.05) is 25.0 Å². The van der Waals surface area contributed by atoms with E-state index in [9.17, 15) is 9.59 Å². The SMILES string of the molecule is CN1C[C@@H]2C[C@H]1CN2C(=O)c1n[nH]c2ccc(N(C(N)=O)C3CCCC3)cc12. The quantitative estimate of drug-likeness (QED) is 0.847. The van der Waals surface area contributed by atoms with E-state index in [4.69, 9.17) is 5.73 Å². The number of nitrogens with zero attached hydrogens (tertiary/aromatic N) is 4. The highest BCUT2D eigenvalue weighted by Gasteiger charge is 2.44. The Morgan fingerprint density at radius 2 is 2.00 bits per heavy atom. The fraction of sp³-hybridized carbons (Fsp3) is 0.550. The molecular formula is C20H26N6O2. The van der Waals surface area contributed by atoms with Gasteiger partial charge in [0.1, 0.15) is 0 Å². The summed E-state index contributed by atoms with van der Waals surface area (Å²) in [6.45, 7) is 1.67. The number of aromatic nitrogens is 2. The van der Waals surface area contributed by atoms with Gasteiger partial charge in [-0.05, 0) is 44.5 Å². The lowest BCUT2D eigenvalue weighted by Crippen LogP contribution is -2.47. The fourth-order valence-electron chi connectivity index (χ4n) is 5.25. The van der Waals surface area contributed by atoms with Crippen LogP contribution in [0.4, 0.5) is 10.5 Å². The van der Waals surface area contributed by atoms with Crippen molar-refractivity contribution in [3.63, 3.8) is 0 Å². The lowest BCUT2D eigenvalue weighted by atomic mass is 10.1. The maximum absolute atomic E-state index is 13.2. The van der Waals surface area contributed by atoms with Crippen LogP contribution in [-0.2, 0) is 0 Å². The third-order valence-electron chi connectivity index (χ3n) is 6.73. The zero-order valence-corrected chi connectivity index (χ0v) is 16.1. The summed E-state index contributed by atoms with van der Waals surface area (Å²) < 4.78 is 0. The number of benzene rings is 1. The molecule has 2 aliphatic heterocycles. The van der Waals surface area contributed by atoms with Crippen molar-refractivity contribution in [3.05, 3.63) is 23.9 Å². The van der Waals surface area contributed by atoms with Crippen molar-refractivity contribution >= 4 is 28.5 Å². The summed E-state index contributed by atoms with van der Waals surface area (Å²) >= 11 is 0. The largest absolute Gasteiger partial charge is 0.351 e. The van der Waals surface area contributed by atoms with E-state index in [2.05, 4.69) is 22.1 Å². The summed E-state index contributed by atoms with van der Waals surface area (Å²) in [4.78, 5) is 31.3. The van der Waals surface area contributed by atoms with Gasteiger partial charge < -0.3 is 10.6 Å². The number of hydrogen-bond acceptors (Lipinski definition) is 4. The smallest absolute Gasteiger partial charge is 0.319 e. The van der Waals surface area contributed by atoms with Crippen molar-refractivity contribution in [3.8, 4) is 0 Å². The molecule has 1 aromatic carbocycles. The molecule has 2 aromatic rings. The first-order valence-corrected chi connectivity index (χ1v) is 10.1. The molecule has 5 rings (SSSR count). The molecule has 3 heterocycles. The van der Waals surface area contributed by atoms with Crippen LogP contribution in [0.1, 0.15) is 42.6 Å². The molecule has 3 aliphatic rings. The molecule has 0 radical (unpaired) electrons. The predicted molar refractivity (Wildman–Crippen MR) is 106 cm³/mol. The first-order valence-electron chi connectivity index (χ1n) is 10.1. The van der Waals surface area contributed by atoms with Gasteiger partial charge in [-0.25, -0.2) is 4.79 Å². The third-order valence-corrected chi connectivity index (χ3v) is 6.73. The lowest BCUT2D eigenvalue weighted by Gasteiger charge is -2.31. The number of anilines is 1. The van der Waals surface area contributed by atoms with Crippen LogP contribution in [0.5, 0.6) is 0 Å². The van der Waals surface area contributed by atoms with Crippen LogP contribution in [0.15, 0.2) is 18.2 Å². The minimum absolute atomic E-state index is 0.0320. The highest BCUT2D eigenvalue weighted by Crippen LogP contribution is 2.33. The van der Waals surface area contributed by atoms with Crippen molar-refractivity contribution < 1.29 is 9.59 Å². The number of hydrogen-bond donors (Lipinski definition) is 2. The standard InChI is InChI=1S/C20H26N6O2/c1-24-10-15-8-14(24)11-25(15)19(27)18-16-9-13(6-7-17(16)22-23-18)26(20(21)28)12-4-2-3-5-12/h6-7,9,12,14-15H,2-5,8,10-11H2,1H3,(H2,21,28)(H,22,23)/t14-,15-/m0/s1. The van der Waals surface area contributed by atoms with Crippen LogP contribution in [0, 0.1) is 0 Å². The molecule has 2 atom stereocenters. The lowest BCUT2D eigenvalue weighted by molar-refractivity contribution is 0.0646. The van der Waals surface area contributed by atoms with Gasteiger partial charge in [-0.3, -0.25) is 19.7 Å². The second kappa shape index (κ2) is 6.48. The number of nitrogens with one attached hydrogen (secondary N) is 1. The van der Waals surface area contributed by atoms with Crippen LogP contribution >= 0.6 is 0 Å². The van der Waals surface area contributed by atoms with Crippen LogP contribution < -0.4 is 10.6 Å². The Labute approximate surface area is 163 Å². The number of H-pyrrole nitrogens is 1. The number of fused-ring (bicyclic) bond motifs is 3. The summed E-state index contributed by atoms with van der Waals surface area (Å²) in [6, 6.07) is 6.04. The van der Waals surface area contributed by atoms with Crippen LogP contribution in [0.25, 0.3) is 10.9 Å². The Bertz CT molecular complexity index is 932. The Balaban J connectivity index is 1.48. The molecule has 0 unspecified atom stereocenters. The monoisotopic (exact) mass is 382 g/mol. The highest BCUT2D eigenvalue weighted by molar-refractivity contribution is 6.06. The van der Waals surface area contributed by atoms with E-state index in [0.29, 0.717) is 11.7 Å². The number of nitrogens with two attached hydrogens (primary N) is 1. The molecular weight excluding hydrogens is 356 g/mol. The van der Waals surface area contributed by atoms with Crippen molar-refractivity contribution in [1.82, 2.24) is 20.0 Å². The van der Waals surface area contributed by atoms with E-state index < -0.39 is 6.03 Å². The summed E-state index contributed by atoms with van der Waals surface area (Å²) in [5.74, 6) is -0.0320. The summed E-state index contributed by atoms with van der Waals surface area (Å²) in [5, 5.41) is 8.04. The van der Waals surface area contributed by atoms with Crippen molar-refractivity contribution in [2.24, 2.45) is 5.73 Å². The summed E-state index contributed by atoms with van der Waals surface area (Å²) in [5.41, 5.74) is 7.67. The molecule has 28 heavy (non-hydrogen) atoms. The molecule has 1 aromatic heterocycles. The Kier molecular flexibility index (Phi) is 4.04. The van der Waals surface area contributed by atoms with Crippen LogP contribution in [0.3, 0.4) is 0 Å². The molecule has 148 valence electrons. The molecule has 3 N–H and O–H groups in total. The average Bonchev–Trinajstić information content (AvgIpc) is 3.44. The Morgan fingerprint density at radius 3 is 2.64 bits per heavy atom. The van der Waals surface area contributed by atoms with E-state index in [1.807, 2.05) is 23.1 Å². The molecule has 1 aliphatic carbocycles. The molecule has 3 amide bonds. The number of piperazine rings is 1. The number of carbonyl (C=O) groups excluding carboxylic acids is 2. The normalized spacial score (nSPS) is 25.1. The number of primary amides is 1. The molecule has 3 fully saturated rings. The van der Waals surface area contributed by atoms with Gasteiger partial charge in [0.15, 0.2) is 5.69 Å². The first kappa shape index (κ1) is 17.5. The minimum Gasteiger partial charge on any atom is -0.351 e. The average molecular weight is 382 g/mol. The number of likely N-dealkylation sites (N-methyl/N-ethyl adjacent to an activating group) is 1. The number of carbonyl (C=O) groups is 2. The van der Waals surface area contributed by atoms with E-state index >= 15 is 0 Å². The topological polar surface area (TPSA) is 98.6 Å².